The minimum atomic E-state index is -0.454. The molecule has 0 spiro atoms. The average Bonchev–Trinajstić information content (AvgIpc) is 2.97. The molecule has 1 unspecified atom stereocenters. The van der Waals surface area contributed by atoms with Crippen LogP contribution in [0.25, 0.3) is 0 Å². The smallest absolute Gasteiger partial charge is 0.161 e. The zero-order valence-electron chi connectivity index (χ0n) is 12.2. The van der Waals surface area contributed by atoms with E-state index in [1.807, 2.05) is 12.1 Å². The molecule has 3 nitrogen and oxygen atoms in total. The van der Waals surface area contributed by atoms with Gasteiger partial charge >= 0.3 is 0 Å². The molecule has 1 atom stereocenters. The number of ether oxygens (including phenoxy) is 2. The lowest BCUT2D eigenvalue weighted by atomic mass is 9.96. The number of methoxy groups -OCH3 is 2. The summed E-state index contributed by atoms with van der Waals surface area (Å²) in [7, 11) is 3.22. The van der Waals surface area contributed by atoms with Crippen LogP contribution in [0, 0.1) is 5.92 Å². The summed E-state index contributed by atoms with van der Waals surface area (Å²) in [5.74, 6) is 2.13. The molecule has 0 radical (unpaired) electrons. The second kappa shape index (κ2) is 7.32. The average molecular weight is 343 g/mol. The molecular formula is C16H23BrO3. The van der Waals surface area contributed by atoms with Crippen LogP contribution in [0.4, 0.5) is 0 Å². The van der Waals surface area contributed by atoms with Crippen LogP contribution in [0.5, 0.6) is 11.5 Å². The van der Waals surface area contributed by atoms with E-state index in [9.17, 15) is 5.11 Å². The lowest BCUT2D eigenvalue weighted by Crippen LogP contribution is -2.03. The van der Waals surface area contributed by atoms with Gasteiger partial charge in [0.25, 0.3) is 0 Å². The Bertz CT molecular complexity index is 442. The summed E-state index contributed by atoms with van der Waals surface area (Å²) in [5, 5.41) is 10.4. The minimum absolute atomic E-state index is 0.454. The maximum absolute atomic E-state index is 10.4. The van der Waals surface area contributed by atoms with Crippen molar-refractivity contribution in [3.63, 3.8) is 0 Å². The lowest BCUT2D eigenvalue weighted by molar-refractivity contribution is 0.156. The highest BCUT2D eigenvalue weighted by Crippen LogP contribution is 2.38. The van der Waals surface area contributed by atoms with E-state index in [0.29, 0.717) is 11.5 Å². The summed E-state index contributed by atoms with van der Waals surface area (Å²) >= 11 is 3.51. The van der Waals surface area contributed by atoms with E-state index in [-0.39, 0.29) is 0 Å². The molecule has 0 aromatic heterocycles. The van der Waals surface area contributed by atoms with Crippen molar-refractivity contribution in [2.45, 2.75) is 44.6 Å². The SMILES string of the molecule is COc1cc(Br)c(C(O)CCC2CCCC2)cc1OC. The Balaban J connectivity index is 2.06. The van der Waals surface area contributed by atoms with E-state index in [1.54, 1.807) is 14.2 Å². The number of aliphatic hydroxyl groups is 1. The van der Waals surface area contributed by atoms with Gasteiger partial charge < -0.3 is 14.6 Å². The molecule has 1 fully saturated rings. The summed E-state index contributed by atoms with van der Waals surface area (Å²) in [6, 6.07) is 3.72. The largest absolute Gasteiger partial charge is 0.493 e. The van der Waals surface area contributed by atoms with Crippen LogP contribution in [0.2, 0.25) is 0 Å². The molecule has 0 saturated heterocycles. The van der Waals surface area contributed by atoms with Crippen molar-refractivity contribution in [2.24, 2.45) is 5.92 Å². The van der Waals surface area contributed by atoms with Gasteiger partial charge in [-0.2, -0.15) is 0 Å². The van der Waals surface area contributed by atoms with Gasteiger partial charge in [0.2, 0.25) is 0 Å². The quantitative estimate of drug-likeness (QED) is 0.828. The highest BCUT2D eigenvalue weighted by Gasteiger charge is 2.20. The van der Waals surface area contributed by atoms with Crippen LogP contribution in [0.3, 0.4) is 0 Å². The van der Waals surface area contributed by atoms with E-state index in [2.05, 4.69) is 15.9 Å². The van der Waals surface area contributed by atoms with Crippen molar-refractivity contribution in [1.82, 2.24) is 0 Å². The summed E-state index contributed by atoms with van der Waals surface area (Å²) in [5.41, 5.74) is 0.876. The molecule has 1 N–H and O–H groups in total. The molecule has 112 valence electrons. The maximum Gasteiger partial charge on any atom is 0.161 e. The number of hydrogen-bond donors (Lipinski definition) is 1. The fourth-order valence-corrected chi connectivity index (χ4v) is 3.56. The fraction of sp³-hybridized carbons (Fsp3) is 0.625. The van der Waals surface area contributed by atoms with E-state index in [4.69, 9.17) is 9.47 Å². The maximum atomic E-state index is 10.4. The van der Waals surface area contributed by atoms with Crippen LogP contribution in [-0.2, 0) is 0 Å². The first-order valence-electron chi connectivity index (χ1n) is 7.25. The molecule has 0 heterocycles. The van der Waals surface area contributed by atoms with Crippen LogP contribution < -0.4 is 9.47 Å². The highest BCUT2D eigenvalue weighted by atomic mass is 79.9. The van der Waals surface area contributed by atoms with Crippen LogP contribution >= 0.6 is 15.9 Å². The molecule has 0 amide bonds. The predicted molar refractivity (Wildman–Crippen MR) is 83.4 cm³/mol. The molecule has 1 saturated carbocycles. The van der Waals surface area contributed by atoms with Crippen LogP contribution in [-0.4, -0.2) is 19.3 Å². The van der Waals surface area contributed by atoms with Gasteiger partial charge in [-0.25, -0.2) is 0 Å². The highest BCUT2D eigenvalue weighted by molar-refractivity contribution is 9.10. The molecule has 0 aliphatic heterocycles. The Kier molecular flexibility index (Phi) is 5.73. The predicted octanol–water partition coefficient (Wildman–Crippen LogP) is 4.47. The summed E-state index contributed by atoms with van der Waals surface area (Å²) in [4.78, 5) is 0. The Morgan fingerprint density at radius 2 is 1.80 bits per heavy atom. The first kappa shape index (κ1) is 15.6. The monoisotopic (exact) mass is 342 g/mol. The molecule has 4 heteroatoms. The Hall–Kier alpha value is -0.740. The van der Waals surface area contributed by atoms with Crippen molar-refractivity contribution in [3.05, 3.63) is 22.2 Å². The van der Waals surface area contributed by atoms with Gasteiger partial charge in [-0.05, 0) is 36.5 Å². The summed E-state index contributed by atoms with van der Waals surface area (Å²) in [6.07, 6.45) is 6.78. The number of halogens is 1. The molecule has 1 aliphatic carbocycles. The Labute approximate surface area is 129 Å². The normalized spacial score (nSPS) is 17.2. The lowest BCUT2D eigenvalue weighted by Gasteiger charge is -2.17. The first-order chi connectivity index (χ1) is 9.65. The van der Waals surface area contributed by atoms with Gasteiger partial charge in [-0.1, -0.05) is 41.6 Å². The summed E-state index contributed by atoms with van der Waals surface area (Å²) < 4.78 is 11.4. The number of benzene rings is 1. The third kappa shape index (κ3) is 3.67. The van der Waals surface area contributed by atoms with Gasteiger partial charge in [0, 0.05) is 4.47 Å². The Morgan fingerprint density at radius 3 is 2.40 bits per heavy atom. The van der Waals surface area contributed by atoms with Crippen molar-refractivity contribution in [2.75, 3.05) is 14.2 Å². The molecule has 2 rings (SSSR count). The zero-order valence-corrected chi connectivity index (χ0v) is 13.8. The topological polar surface area (TPSA) is 38.7 Å². The van der Waals surface area contributed by atoms with Gasteiger partial charge in [-0.15, -0.1) is 0 Å². The third-order valence-electron chi connectivity index (χ3n) is 4.18. The second-order valence-corrected chi connectivity index (χ2v) is 6.33. The van der Waals surface area contributed by atoms with Crippen molar-refractivity contribution in [3.8, 4) is 11.5 Å². The van der Waals surface area contributed by atoms with Gasteiger partial charge in [-0.3, -0.25) is 0 Å². The number of aliphatic hydroxyl groups excluding tert-OH is 1. The van der Waals surface area contributed by atoms with Crippen LogP contribution in [0.1, 0.15) is 50.2 Å². The van der Waals surface area contributed by atoms with E-state index < -0.39 is 6.10 Å². The standard InChI is InChI=1S/C16H23BrO3/c1-19-15-9-12(13(17)10-16(15)20-2)14(18)8-7-11-5-3-4-6-11/h9-11,14,18H,3-8H2,1-2H3. The molecule has 0 bridgehead atoms. The molecule has 1 aromatic carbocycles. The first-order valence-corrected chi connectivity index (χ1v) is 8.04. The van der Waals surface area contributed by atoms with Gasteiger partial charge in [0.1, 0.15) is 0 Å². The summed E-state index contributed by atoms with van der Waals surface area (Å²) in [6.45, 7) is 0. The van der Waals surface area contributed by atoms with Gasteiger partial charge in [0.15, 0.2) is 11.5 Å². The Morgan fingerprint density at radius 1 is 1.20 bits per heavy atom. The van der Waals surface area contributed by atoms with Crippen LogP contribution in [0.15, 0.2) is 16.6 Å². The molecular weight excluding hydrogens is 320 g/mol. The van der Waals surface area contributed by atoms with Crippen molar-refractivity contribution >= 4 is 15.9 Å². The third-order valence-corrected chi connectivity index (χ3v) is 4.87. The van der Waals surface area contributed by atoms with Crippen molar-refractivity contribution in [1.29, 1.82) is 0 Å². The van der Waals surface area contributed by atoms with E-state index in [0.717, 1.165) is 28.8 Å². The van der Waals surface area contributed by atoms with E-state index >= 15 is 0 Å². The van der Waals surface area contributed by atoms with Crippen molar-refractivity contribution < 1.29 is 14.6 Å². The molecule has 1 aromatic rings. The zero-order chi connectivity index (χ0) is 14.5. The fourth-order valence-electron chi connectivity index (χ4n) is 2.97. The minimum Gasteiger partial charge on any atom is -0.493 e. The number of hydrogen-bond acceptors (Lipinski definition) is 3. The second-order valence-electron chi connectivity index (χ2n) is 5.47. The number of rotatable bonds is 6. The molecule has 1 aliphatic rings. The van der Waals surface area contributed by atoms with Gasteiger partial charge in [0.05, 0.1) is 20.3 Å². The molecule has 20 heavy (non-hydrogen) atoms. The van der Waals surface area contributed by atoms with E-state index in [1.165, 1.54) is 25.7 Å².